The molecule has 2 amide bonds. The molecule has 0 bridgehead atoms. The molecule has 1 saturated carbocycles. The van der Waals surface area contributed by atoms with Gasteiger partial charge in [0.1, 0.15) is 5.65 Å². The van der Waals surface area contributed by atoms with Gasteiger partial charge in [0.2, 0.25) is 0 Å². The van der Waals surface area contributed by atoms with Crippen molar-refractivity contribution < 1.29 is 4.79 Å². The minimum absolute atomic E-state index is 0.0333. The molecular weight excluding hydrogens is 320 g/mol. The summed E-state index contributed by atoms with van der Waals surface area (Å²) in [4.78, 5) is 18.8. The summed E-state index contributed by atoms with van der Waals surface area (Å²) in [6.45, 7) is 2.82. The van der Waals surface area contributed by atoms with Crippen molar-refractivity contribution in [1.29, 1.82) is 0 Å². The molecule has 1 N–H and O–H groups in total. The first kappa shape index (κ1) is 17.1. The number of fused-ring (bicyclic) bond motifs is 1. The summed E-state index contributed by atoms with van der Waals surface area (Å²) >= 11 is 2.02. The molecule has 0 aromatic carbocycles. The van der Waals surface area contributed by atoms with E-state index in [2.05, 4.69) is 17.2 Å². The van der Waals surface area contributed by atoms with Gasteiger partial charge in [-0.2, -0.15) is 11.8 Å². The van der Waals surface area contributed by atoms with Crippen LogP contribution in [0.5, 0.6) is 0 Å². The number of thioether (sulfide) groups is 1. The van der Waals surface area contributed by atoms with Crippen molar-refractivity contribution in [1.82, 2.24) is 19.6 Å². The number of pyridine rings is 1. The minimum Gasteiger partial charge on any atom is -0.338 e. The van der Waals surface area contributed by atoms with Crippen LogP contribution in [0.2, 0.25) is 0 Å². The predicted octanol–water partition coefficient (Wildman–Crippen LogP) is 3.19. The Morgan fingerprint density at radius 1 is 1.46 bits per heavy atom. The van der Waals surface area contributed by atoms with Crippen molar-refractivity contribution in [3.8, 4) is 0 Å². The number of hydrogen-bond donors (Lipinski definition) is 1. The molecule has 24 heavy (non-hydrogen) atoms. The van der Waals surface area contributed by atoms with Crippen LogP contribution in [0.1, 0.15) is 31.9 Å². The van der Waals surface area contributed by atoms with Gasteiger partial charge < -0.3 is 14.6 Å². The van der Waals surface area contributed by atoms with E-state index < -0.39 is 0 Å². The SMILES string of the molecule is CCSC1CCC(N(C)C(=O)NCCc2cn3ccccc3n2)C1. The van der Waals surface area contributed by atoms with E-state index in [1.165, 1.54) is 6.42 Å². The second-order valence-corrected chi connectivity index (χ2v) is 7.91. The normalized spacial score (nSPS) is 20.4. The monoisotopic (exact) mass is 346 g/mol. The number of aromatic nitrogens is 2. The summed E-state index contributed by atoms with van der Waals surface area (Å²) in [5.41, 5.74) is 1.95. The Morgan fingerprint density at radius 2 is 2.33 bits per heavy atom. The van der Waals surface area contributed by atoms with Crippen molar-refractivity contribution in [2.75, 3.05) is 19.3 Å². The number of nitrogens with zero attached hydrogens (tertiary/aromatic N) is 3. The van der Waals surface area contributed by atoms with Gasteiger partial charge in [0, 0.05) is 43.7 Å². The highest BCUT2D eigenvalue weighted by molar-refractivity contribution is 7.99. The zero-order valence-corrected chi connectivity index (χ0v) is 15.3. The molecule has 0 spiro atoms. The van der Waals surface area contributed by atoms with Crippen molar-refractivity contribution in [2.45, 2.75) is 43.9 Å². The summed E-state index contributed by atoms with van der Waals surface area (Å²) in [5, 5.41) is 3.75. The fourth-order valence-corrected chi connectivity index (χ4v) is 4.48. The molecule has 1 fully saturated rings. The first-order valence-corrected chi connectivity index (χ1v) is 9.77. The highest BCUT2D eigenvalue weighted by atomic mass is 32.2. The van der Waals surface area contributed by atoms with E-state index in [0.29, 0.717) is 17.8 Å². The van der Waals surface area contributed by atoms with Gasteiger partial charge in [0.15, 0.2) is 0 Å². The summed E-state index contributed by atoms with van der Waals surface area (Å²) in [7, 11) is 1.92. The van der Waals surface area contributed by atoms with E-state index in [9.17, 15) is 4.79 Å². The lowest BCUT2D eigenvalue weighted by Gasteiger charge is -2.25. The molecule has 0 radical (unpaired) electrons. The Hall–Kier alpha value is -1.69. The Kier molecular flexibility index (Phi) is 5.66. The van der Waals surface area contributed by atoms with E-state index >= 15 is 0 Å². The fourth-order valence-electron chi connectivity index (χ4n) is 3.35. The molecule has 2 unspecified atom stereocenters. The van der Waals surface area contributed by atoms with Crippen LogP contribution in [-0.4, -0.2) is 51.0 Å². The molecule has 1 aliphatic rings. The largest absolute Gasteiger partial charge is 0.338 e. The number of carbonyl (C=O) groups is 1. The maximum atomic E-state index is 12.3. The van der Waals surface area contributed by atoms with Crippen molar-refractivity contribution in [3.63, 3.8) is 0 Å². The van der Waals surface area contributed by atoms with Gasteiger partial charge in [-0.15, -0.1) is 0 Å². The molecule has 130 valence electrons. The number of imidazole rings is 1. The van der Waals surface area contributed by atoms with Gasteiger partial charge in [0.25, 0.3) is 0 Å². The van der Waals surface area contributed by atoms with Gasteiger partial charge in [0.05, 0.1) is 5.69 Å². The molecule has 2 aromatic rings. The maximum Gasteiger partial charge on any atom is 0.317 e. The van der Waals surface area contributed by atoms with E-state index in [-0.39, 0.29) is 6.03 Å². The third-order valence-electron chi connectivity index (χ3n) is 4.70. The number of carbonyl (C=O) groups excluding carboxylic acids is 1. The van der Waals surface area contributed by atoms with Crippen LogP contribution in [0.15, 0.2) is 30.6 Å². The van der Waals surface area contributed by atoms with Crippen LogP contribution in [-0.2, 0) is 6.42 Å². The van der Waals surface area contributed by atoms with E-state index in [1.54, 1.807) is 0 Å². The van der Waals surface area contributed by atoms with Crippen LogP contribution in [0, 0.1) is 0 Å². The van der Waals surface area contributed by atoms with Crippen LogP contribution in [0.3, 0.4) is 0 Å². The molecule has 0 aliphatic heterocycles. The second kappa shape index (κ2) is 7.92. The number of amides is 2. The highest BCUT2D eigenvalue weighted by Gasteiger charge is 2.29. The molecule has 2 atom stereocenters. The van der Waals surface area contributed by atoms with E-state index in [1.807, 2.05) is 58.7 Å². The van der Waals surface area contributed by atoms with E-state index in [4.69, 9.17) is 0 Å². The topological polar surface area (TPSA) is 49.6 Å². The smallest absolute Gasteiger partial charge is 0.317 e. The number of nitrogens with one attached hydrogen (secondary N) is 1. The summed E-state index contributed by atoms with van der Waals surface area (Å²) in [6, 6.07) is 6.37. The third kappa shape index (κ3) is 4.04. The van der Waals surface area contributed by atoms with Gasteiger partial charge in [-0.3, -0.25) is 0 Å². The van der Waals surface area contributed by atoms with Gasteiger partial charge in [-0.1, -0.05) is 13.0 Å². The highest BCUT2D eigenvalue weighted by Crippen LogP contribution is 2.32. The lowest BCUT2D eigenvalue weighted by Crippen LogP contribution is -2.43. The summed E-state index contributed by atoms with van der Waals surface area (Å²) in [5.74, 6) is 1.16. The second-order valence-electron chi connectivity index (χ2n) is 6.34. The van der Waals surface area contributed by atoms with Crippen LogP contribution in [0.4, 0.5) is 4.79 Å². The van der Waals surface area contributed by atoms with Crippen LogP contribution < -0.4 is 5.32 Å². The minimum atomic E-state index is 0.0333. The predicted molar refractivity (Wildman–Crippen MR) is 99.6 cm³/mol. The maximum absolute atomic E-state index is 12.3. The fraction of sp³-hybridized carbons (Fsp3) is 0.556. The molecule has 5 nitrogen and oxygen atoms in total. The average molecular weight is 347 g/mol. The standard InChI is InChI=1S/C18H26N4OS/c1-3-24-16-8-7-15(12-16)21(2)18(23)19-10-9-14-13-22-11-5-4-6-17(22)20-14/h4-6,11,13,15-16H,3,7-10,12H2,1-2H3,(H,19,23). The molecule has 2 heterocycles. The van der Waals surface area contributed by atoms with Crippen LogP contribution in [0.25, 0.3) is 5.65 Å². The van der Waals surface area contributed by atoms with E-state index in [0.717, 1.165) is 36.4 Å². The zero-order chi connectivity index (χ0) is 16.9. The summed E-state index contributed by atoms with van der Waals surface area (Å²) < 4.78 is 2.01. The number of urea groups is 1. The molecule has 0 saturated heterocycles. The molecule has 6 heteroatoms. The Balaban J connectivity index is 1.45. The van der Waals surface area contributed by atoms with Gasteiger partial charge in [-0.05, 0) is 37.1 Å². The molecule has 1 aliphatic carbocycles. The van der Waals surface area contributed by atoms with Crippen molar-refractivity contribution in [3.05, 3.63) is 36.3 Å². The van der Waals surface area contributed by atoms with Crippen LogP contribution >= 0.6 is 11.8 Å². The number of rotatable bonds is 6. The molecular formula is C18H26N4OS. The Morgan fingerprint density at radius 3 is 3.12 bits per heavy atom. The molecule has 3 rings (SSSR count). The zero-order valence-electron chi connectivity index (χ0n) is 14.4. The average Bonchev–Trinajstić information content (AvgIpc) is 3.20. The van der Waals surface area contributed by atoms with Gasteiger partial charge >= 0.3 is 6.03 Å². The Labute approximate surface area is 147 Å². The van der Waals surface area contributed by atoms with Crippen molar-refractivity contribution >= 4 is 23.4 Å². The number of hydrogen-bond acceptors (Lipinski definition) is 3. The quantitative estimate of drug-likeness (QED) is 0.874. The first-order chi connectivity index (χ1) is 11.7. The summed E-state index contributed by atoms with van der Waals surface area (Å²) in [6.07, 6.45) is 8.23. The molecule has 2 aromatic heterocycles. The first-order valence-electron chi connectivity index (χ1n) is 8.72. The third-order valence-corrected chi connectivity index (χ3v) is 5.93. The lowest BCUT2D eigenvalue weighted by atomic mass is 10.2. The lowest BCUT2D eigenvalue weighted by molar-refractivity contribution is 0.191. The Bertz CT molecular complexity index is 653. The van der Waals surface area contributed by atoms with Gasteiger partial charge in [-0.25, -0.2) is 9.78 Å². The van der Waals surface area contributed by atoms with Crippen molar-refractivity contribution in [2.24, 2.45) is 0 Å².